The summed E-state index contributed by atoms with van der Waals surface area (Å²) in [5, 5.41) is 6.83. The molecule has 0 saturated heterocycles. The lowest BCUT2D eigenvalue weighted by atomic mass is 10.2. The first-order valence-corrected chi connectivity index (χ1v) is 7.11. The molecule has 0 aliphatic rings. The molecule has 2 aromatic carbocycles. The van der Waals surface area contributed by atoms with E-state index in [1.165, 1.54) is 0 Å². The molecule has 0 fully saturated rings. The topological polar surface area (TPSA) is 53.5 Å². The van der Waals surface area contributed by atoms with Gasteiger partial charge in [0.25, 0.3) is 11.8 Å². The molecule has 0 spiro atoms. The van der Waals surface area contributed by atoms with Crippen molar-refractivity contribution in [2.75, 3.05) is 0 Å². The number of fused-ring (bicyclic) bond motifs is 2. The van der Waals surface area contributed by atoms with Crippen molar-refractivity contribution in [2.24, 2.45) is 0 Å². The van der Waals surface area contributed by atoms with Crippen LogP contribution in [0.4, 0.5) is 0 Å². The summed E-state index contributed by atoms with van der Waals surface area (Å²) in [5.74, 6) is 0.619. The van der Waals surface area contributed by atoms with E-state index in [0.717, 1.165) is 21.8 Å². The molecule has 2 aromatic heterocycles. The Bertz CT molecular complexity index is 893. The van der Waals surface area contributed by atoms with Crippen LogP contribution in [-0.2, 0) is 5.04 Å². The van der Waals surface area contributed by atoms with Crippen LogP contribution in [0.25, 0.3) is 21.8 Å². The molecular weight excluding hydrogens is 292 g/mol. The summed E-state index contributed by atoms with van der Waals surface area (Å²) in [6, 6.07) is 22.7. The predicted molar refractivity (Wildman–Crippen MR) is 85.8 cm³/mol. The second kappa shape index (κ2) is 5.90. The Morgan fingerprint density at radius 2 is 1.00 bits per heavy atom. The fourth-order valence-electron chi connectivity index (χ4n) is 2.27. The van der Waals surface area contributed by atoms with E-state index < -0.39 is 0 Å². The lowest BCUT2D eigenvalue weighted by Crippen LogP contribution is -2.04. The largest absolute Gasteiger partial charge is 0.278 e. The van der Waals surface area contributed by atoms with E-state index >= 15 is 0 Å². The normalized spacial score (nSPS) is 10.8. The minimum absolute atomic E-state index is 0.310. The third kappa shape index (κ3) is 2.90. The Balaban J connectivity index is 1.45. The van der Waals surface area contributed by atoms with Crippen LogP contribution in [0.1, 0.15) is 0 Å². The van der Waals surface area contributed by atoms with Crippen LogP contribution in [-0.4, -0.2) is 9.97 Å². The number of aromatic nitrogens is 2. The van der Waals surface area contributed by atoms with Crippen LogP contribution in [0.3, 0.4) is 0 Å². The molecule has 0 atom stereocenters. The van der Waals surface area contributed by atoms with Crippen molar-refractivity contribution >= 4 is 21.8 Å². The van der Waals surface area contributed by atoms with Gasteiger partial charge in [-0.25, -0.2) is 9.97 Å². The van der Waals surface area contributed by atoms with Gasteiger partial charge in [0.2, 0.25) is 0 Å². The summed E-state index contributed by atoms with van der Waals surface area (Å²) in [6.45, 7) is 0. The van der Waals surface area contributed by atoms with Gasteiger partial charge in [-0.1, -0.05) is 36.4 Å². The van der Waals surface area contributed by atoms with Gasteiger partial charge < -0.3 is 0 Å². The summed E-state index contributed by atoms with van der Waals surface area (Å²) in [7, 11) is 0. The average Bonchev–Trinajstić information content (AvgIpc) is 2.61. The standard InChI is InChI=1S/C18H12N2O3/c1-3-7-15-13(5-1)9-11-17(19-15)21-23-22-18-12-10-14-6-2-4-8-16(14)20-18/h1-12H. The van der Waals surface area contributed by atoms with Gasteiger partial charge in [-0.15, -0.1) is 0 Å². The molecule has 4 aromatic rings. The minimum Gasteiger partial charge on any atom is -0.278 e. The lowest BCUT2D eigenvalue weighted by molar-refractivity contribution is -0.414. The highest BCUT2D eigenvalue weighted by molar-refractivity contribution is 5.79. The van der Waals surface area contributed by atoms with Gasteiger partial charge in [-0.2, -0.15) is 0 Å². The van der Waals surface area contributed by atoms with Crippen molar-refractivity contribution in [2.45, 2.75) is 0 Å². The molecule has 4 rings (SSSR count). The zero-order valence-electron chi connectivity index (χ0n) is 12.0. The van der Waals surface area contributed by atoms with Gasteiger partial charge in [0.15, 0.2) is 0 Å². The Kier molecular flexibility index (Phi) is 3.46. The summed E-state index contributed by atoms with van der Waals surface area (Å²) in [5.41, 5.74) is 1.63. The number of hydrogen-bond acceptors (Lipinski definition) is 5. The second-order valence-corrected chi connectivity index (χ2v) is 4.92. The maximum Gasteiger partial charge on any atom is 0.261 e. The first-order valence-electron chi connectivity index (χ1n) is 7.11. The Morgan fingerprint density at radius 1 is 0.522 bits per heavy atom. The first-order chi connectivity index (χ1) is 11.4. The van der Waals surface area contributed by atoms with E-state index in [2.05, 4.69) is 9.97 Å². The number of pyridine rings is 2. The average molecular weight is 304 g/mol. The molecular formula is C18H12N2O3. The smallest absolute Gasteiger partial charge is 0.261 e. The predicted octanol–water partition coefficient (Wildman–Crippen LogP) is 4.09. The molecule has 5 heteroatoms. The van der Waals surface area contributed by atoms with Crippen molar-refractivity contribution in [1.29, 1.82) is 0 Å². The number of nitrogens with zero attached hydrogens (tertiary/aromatic N) is 2. The summed E-state index contributed by atoms with van der Waals surface area (Å²) in [6.07, 6.45) is 0. The van der Waals surface area contributed by atoms with Gasteiger partial charge in [0.05, 0.1) is 11.0 Å². The third-order valence-electron chi connectivity index (χ3n) is 3.38. The van der Waals surface area contributed by atoms with E-state index in [9.17, 15) is 0 Å². The number of para-hydroxylation sites is 2. The summed E-state index contributed by atoms with van der Waals surface area (Å²) < 4.78 is 0. The lowest BCUT2D eigenvalue weighted by Gasteiger charge is -2.05. The van der Waals surface area contributed by atoms with Crippen LogP contribution >= 0.6 is 0 Å². The molecule has 0 N–H and O–H groups in total. The van der Waals surface area contributed by atoms with Gasteiger partial charge in [0, 0.05) is 27.9 Å². The van der Waals surface area contributed by atoms with Crippen molar-refractivity contribution < 1.29 is 14.8 Å². The van der Waals surface area contributed by atoms with Crippen LogP contribution in [0.15, 0.2) is 72.8 Å². The van der Waals surface area contributed by atoms with Gasteiger partial charge in [0.1, 0.15) is 0 Å². The van der Waals surface area contributed by atoms with Gasteiger partial charge >= 0.3 is 0 Å². The first kappa shape index (κ1) is 13.5. The van der Waals surface area contributed by atoms with Crippen LogP contribution in [0.5, 0.6) is 11.8 Å². The van der Waals surface area contributed by atoms with Gasteiger partial charge in [-0.3, -0.25) is 9.78 Å². The summed E-state index contributed by atoms with van der Waals surface area (Å²) >= 11 is 0. The molecule has 0 saturated carbocycles. The molecule has 2 heterocycles. The van der Waals surface area contributed by atoms with Crippen molar-refractivity contribution in [1.82, 2.24) is 9.97 Å². The molecule has 5 nitrogen and oxygen atoms in total. The van der Waals surface area contributed by atoms with Crippen LogP contribution < -0.4 is 9.78 Å². The van der Waals surface area contributed by atoms with E-state index in [0.29, 0.717) is 11.8 Å². The third-order valence-corrected chi connectivity index (χ3v) is 3.38. The van der Waals surface area contributed by atoms with Gasteiger partial charge in [-0.05, 0) is 24.3 Å². The fourth-order valence-corrected chi connectivity index (χ4v) is 2.27. The number of rotatable bonds is 4. The SMILES string of the molecule is c1ccc2nc(OOOc3ccc4ccccc4n3)ccc2c1. The highest BCUT2D eigenvalue weighted by atomic mass is 17.5. The zero-order chi connectivity index (χ0) is 15.5. The molecule has 0 bridgehead atoms. The van der Waals surface area contributed by atoms with Crippen molar-refractivity contribution in [3.05, 3.63) is 72.8 Å². The highest BCUT2D eigenvalue weighted by Crippen LogP contribution is 2.18. The molecule has 0 aliphatic carbocycles. The minimum atomic E-state index is 0.310. The molecule has 0 radical (unpaired) electrons. The highest BCUT2D eigenvalue weighted by Gasteiger charge is 2.03. The Labute approximate surface area is 131 Å². The molecule has 0 amide bonds. The van der Waals surface area contributed by atoms with Crippen LogP contribution in [0, 0.1) is 0 Å². The molecule has 0 aliphatic heterocycles. The summed E-state index contributed by atoms with van der Waals surface area (Å²) in [4.78, 5) is 18.7. The second-order valence-electron chi connectivity index (χ2n) is 4.92. The van der Waals surface area contributed by atoms with E-state index in [-0.39, 0.29) is 0 Å². The zero-order valence-corrected chi connectivity index (χ0v) is 12.0. The van der Waals surface area contributed by atoms with E-state index in [1.807, 2.05) is 60.7 Å². The Morgan fingerprint density at radius 3 is 1.52 bits per heavy atom. The molecule has 112 valence electrons. The fraction of sp³-hybridized carbons (Fsp3) is 0. The maximum absolute atomic E-state index is 5.06. The van der Waals surface area contributed by atoms with Crippen molar-refractivity contribution in [3.63, 3.8) is 0 Å². The molecule has 23 heavy (non-hydrogen) atoms. The molecule has 0 unspecified atom stereocenters. The number of hydrogen-bond donors (Lipinski definition) is 0. The Hall–Kier alpha value is -3.18. The quantitative estimate of drug-likeness (QED) is 0.420. The van der Waals surface area contributed by atoms with Crippen LogP contribution in [0.2, 0.25) is 0 Å². The van der Waals surface area contributed by atoms with E-state index in [4.69, 9.17) is 14.8 Å². The maximum atomic E-state index is 5.06. The monoisotopic (exact) mass is 304 g/mol. The van der Waals surface area contributed by atoms with E-state index in [1.54, 1.807) is 12.1 Å². The number of benzene rings is 2. The van der Waals surface area contributed by atoms with Crippen molar-refractivity contribution in [3.8, 4) is 11.8 Å².